The zero-order valence-electron chi connectivity index (χ0n) is 25.3. The van der Waals surface area contributed by atoms with Gasteiger partial charge >= 0.3 is 0 Å². The van der Waals surface area contributed by atoms with E-state index in [0.717, 1.165) is 27.1 Å². The first-order chi connectivity index (χ1) is 20.4. The third kappa shape index (κ3) is 8.35. The van der Waals surface area contributed by atoms with Crippen LogP contribution in [0.3, 0.4) is 0 Å². The summed E-state index contributed by atoms with van der Waals surface area (Å²) in [4.78, 5) is 29.7. The summed E-state index contributed by atoms with van der Waals surface area (Å²) in [5, 5.41) is 4.58. The molecule has 0 heterocycles. The van der Waals surface area contributed by atoms with Crippen molar-refractivity contribution in [1.29, 1.82) is 0 Å². The maximum absolute atomic E-state index is 14.4. The van der Waals surface area contributed by atoms with Crippen LogP contribution in [-0.4, -0.2) is 56.6 Å². The van der Waals surface area contributed by atoms with E-state index < -0.39 is 34.1 Å². The molecule has 0 spiro atoms. The summed E-state index contributed by atoms with van der Waals surface area (Å²) in [6.45, 7) is 5.23. The monoisotopic (exact) mass is 601 g/mol. The summed E-state index contributed by atoms with van der Waals surface area (Å²) in [6.07, 6.45) is 1.33. The van der Waals surface area contributed by atoms with Gasteiger partial charge < -0.3 is 15.0 Å². The zero-order valence-corrected chi connectivity index (χ0v) is 26.1. The fourth-order valence-corrected chi connectivity index (χ4v) is 5.86. The van der Waals surface area contributed by atoms with E-state index in [-0.39, 0.29) is 18.9 Å². The van der Waals surface area contributed by atoms with Crippen LogP contribution in [0.25, 0.3) is 10.8 Å². The summed E-state index contributed by atoms with van der Waals surface area (Å²) in [7, 11) is -2.33. The van der Waals surface area contributed by atoms with Crippen molar-refractivity contribution in [3.63, 3.8) is 0 Å². The molecule has 0 aromatic heterocycles. The molecule has 0 radical (unpaired) electrons. The number of hydrogen-bond acceptors (Lipinski definition) is 5. The Bertz CT molecular complexity index is 1680. The van der Waals surface area contributed by atoms with Gasteiger partial charge in [-0.1, -0.05) is 78.9 Å². The van der Waals surface area contributed by atoms with Gasteiger partial charge in [0.15, 0.2) is 0 Å². The summed E-state index contributed by atoms with van der Waals surface area (Å²) in [5.41, 5.74) is 1.45. The number of nitrogens with zero attached hydrogens (tertiary/aromatic N) is 2. The number of amides is 2. The van der Waals surface area contributed by atoms with Gasteiger partial charge in [0.1, 0.15) is 18.3 Å². The van der Waals surface area contributed by atoms with Gasteiger partial charge in [-0.2, -0.15) is 0 Å². The Morgan fingerprint density at radius 3 is 2.16 bits per heavy atom. The normalized spacial score (nSPS) is 12.4. The minimum atomic E-state index is -3.89. The second kappa shape index (κ2) is 13.3. The smallest absolute Gasteiger partial charge is 0.244 e. The predicted molar refractivity (Wildman–Crippen MR) is 172 cm³/mol. The van der Waals surface area contributed by atoms with Crippen molar-refractivity contribution in [2.24, 2.45) is 0 Å². The van der Waals surface area contributed by atoms with Crippen molar-refractivity contribution in [2.45, 2.75) is 45.3 Å². The molecule has 2 amide bonds. The molecule has 0 saturated heterocycles. The van der Waals surface area contributed by atoms with Gasteiger partial charge in [-0.05, 0) is 55.5 Å². The first-order valence-corrected chi connectivity index (χ1v) is 15.9. The van der Waals surface area contributed by atoms with Crippen LogP contribution < -0.4 is 14.4 Å². The Labute approximate surface area is 254 Å². The molecule has 8 nitrogen and oxygen atoms in total. The van der Waals surface area contributed by atoms with Gasteiger partial charge in [-0.25, -0.2) is 8.42 Å². The summed E-state index contributed by atoms with van der Waals surface area (Å²) in [6, 6.07) is 28.6. The predicted octanol–water partition coefficient (Wildman–Crippen LogP) is 5.17. The Kier molecular flexibility index (Phi) is 9.76. The molecule has 226 valence electrons. The average molecular weight is 602 g/mol. The molecule has 43 heavy (non-hydrogen) atoms. The number of nitrogens with one attached hydrogen (secondary N) is 1. The Hall–Kier alpha value is -4.37. The van der Waals surface area contributed by atoms with Crippen molar-refractivity contribution in [3.05, 3.63) is 108 Å². The fraction of sp³-hybridized carbons (Fsp3) is 0.294. The van der Waals surface area contributed by atoms with Crippen molar-refractivity contribution in [3.8, 4) is 5.75 Å². The SMILES string of the molecule is COc1cccc(CN(C(=O)CN(c2cccc3ccccc23)S(C)(=O)=O)[C@@H](Cc2ccccc2)C(=O)NC(C)(C)C)c1. The summed E-state index contributed by atoms with van der Waals surface area (Å²) < 4.78 is 33.0. The average Bonchev–Trinajstić information content (AvgIpc) is 2.96. The molecular formula is C34H39N3O5S. The van der Waals surface area contributed by atoms with E-state index in [9.17, 15) is 18.0 Å². The highest BCUT2D eigenvalue weighted by atomic mass is 32.2. The second-order valence-corrected chi connectivity index (χ2v) is 13.5. The molecule has 0 bridgehead atoms. The lowest BCUT2D eigenvalue weighted by atomic mass is 10.0. The molecule has 1 N–H and O–H groups in total. The fourth-order valence-electron chi connectivity index (χ4n) is 4.99. The number of anilines is 1. The lowest BCUT2D eigenvalue weighted by Crippen LogP contribution is -2.56. The van der Waals surface area contributed by atoms with E-state index in [0.29, 0.717) is 16.8 Å². The number of methoxy groups -OCH3 is 1. The van der Waals surface area contributed by atoms with Crippen molar-refractivity contribution in [2.75, 3.05) is 24.2 Å². The van der Waals surface area contributed by atoms with E-state index in [2.05, 4.69) is 5.32 Å². The molecule has 0 fully saturated rings. The standard InChI is InChI=1S/C34H39N3O5S/c1-34(2,3)35-33(39)31(22-25-13-7-6-8-14-25)36(23-26-15-11-18-28(21-26)42-4)32(38)24-37(43(5,40)41)30-20-12-17-27-16-9-10-19-29(27)30/h6-21,31H,22-24H2,1-5H3,(H,35,39)/t31-/m0/s1. The van der Waals surface area contributed by atoms with Gasteiger partial charge in [0.2, 0.25) is 21.8 Å². The number of ether oxygens (including phenoxy) is 1. The van der Waals surface area contributed by atoms with Crippen LogP contribution in [0.2, 0.25) is 0 Å². The number of rotatable bonds is 11. The van der Waals surface area contributed by atoms with Gasteiger partial charge in [-0.3, -0.25) is 13.9 Å². The van der Waals surface area contributed by atoms with Crippen LogP contribution in [0.15, 0.2) is 97.1 Å². The van der Waals surface area contributed by atoms with Gasteiger partial charge in [-0.15, -0.1) is 0 Å². The molecule has 0 unspecified atom stereocenters. The largest absolute Gasteiger partial charge is 0.497 e. The summed E-state index contributed by atoms with van der Waals surface area (Å²) in [5.74, 6) is -0.230. The number of benzene rings is 4. The van der Waals surface area contributed by atoms with Crippen LogP contribution in [-0.2, 0) is 32.6 Å². The third-order valence-electron chi connectivity index (χ3n) is 6.97. The van der Waals surface area contributed by atoms with E-state index in [1.54, 1.807) is 31.4 Å². The van der Waals surface area contributed by atoms with Gasteiger partial charge in [0, 0.05) is 23.9 Å². The summed E-state index contributed by atoms with van der Waals surface area (Å²) >= 11 is 0. The van der Waals surface area contributed by atoms with E-state index in [4.69, 9.17) is 4.74 Å². The lowest BCUT2D eigenvalue weighted by molar-refractivity contribution is -0.140. The highest BCUT2D eigenvalue weighted by molar-refractivity contribution is 7.92. The highest BCUT2D eigenvalue weighted by Crippen LogP contribution is 2.29. The number of fused-ring (bicyclic) bond motifs is 1. The Balaban J connectivity index is 1.80. The van der Waals surface area contributed by atoms with E-state index in [1.807, 2.05) is 93.6 Å². The van der Waals surface area contributed by atoms with Gasteiger partial charge in [0.05, 0.1) is 19.1 Å². The molecule has 4 rings (SSSR count). The van der Waals surface area contributed by atoms with Crippen molar-refractivity contribution >= 4 is 38.3 Å². The number of hydrogen-bond donors (Lipinski definition) is 1. The molecule has 1 atom stereocenters. The second-order valence-electron chi connectivity index (χ2n) is 11.6. The number of carbonyl (C=O) groups excluding carboxylic acids is 2. The van der Waals surface area contributed by atoms with E-state index in [1.165, 1.54) is 4.90 Å². The van der Waals surface area contributed by atoms with Crippen molar-refractivity contribution < 1.29 is 22.7 Å². The van der Waals surface area contributed by atoms with Crippen LogP contribution >= 0.6 is 0 Å². The number of sulfonamides is 1. The molecule has 0 aliphatic carbocycles. The maximum Gasteiger partial charge on any atom is 0.244 e. The first kappa shape index (κ1) is 31.6. The molecule has 0 aliphatic rings. The molecule has 9 heteroatoms. The Morgan fingerprint density at radius 2 is 1.49 bits per heavy atom. The van der Waals surface area contributed by atoms with Gasteiger partial charge in [0.25, 0.3) is 0 Å². The topological polar surface area (TPSA) is 96.0 Å². The third-order valence-corrected chi connectivity index (χ3v) is 8.10. The van der Waals surface area contributed by atoms with Crippen LogP contribution in [0, 0.1) is 0 Å². The maximum atomic E-state index is 14.4. The molecular weight excluding hydrogens is 562 g/mol. The van der Waals surface area contributed by atoms with Crippen LogP contribution in [0.5, 0.6) is 5.75 Å². The molecule has 4 aromatic carbocycles. The van der Waals surface area contributed by atoms with Crippen LogP contribution in [0.4, 0.5) is 5.69 Å². The minimum absolute atomic E-state index is 0.0677. The molecule has 4 aromatic rings. The van der Waals surface area contributed by atoms with Crippen molar-refractivity contribution in [1.82, 2.24) is 10.2 Å². The zero-order chi connectivity index (χ0) is 31.2. The van der Waals surface area contributed by atoms with E-state index >= 15 is 0 Å². The Morgan fingerprint density at radius 1 is 0.860 bits per heavy atom. The lowest BCUT2D eigenvalue weighted by Gasteiger charge is -2.35. The number of carbonyl (C=O) groups is 2. The first-order valence-electron chi connectivity index (χ1n) is 14.1. The quantitative estimate of drug-likeness (QED) is 0.256. The molecule has 0 saturated carbocycles. The molecule has 0 aliphatic heterocycles. The highest BCUT2D eigenvalue weighted by Gasteiger charge is 2.34. The van der Waals surface area contributed by atoms with Crippen LogP contribution in [0.1, 0.15) is 31.9 Å². The minimum Gasteiger partial charge on any atom is -0.497 e.